The number of nitrogens with one attached hydrogen (secondary N) is 1. The van der Waals surface area contributed by atoms with Crippen molar-refractivity contribution in [2.24, 2.45) is 5.41 Å². The molecule has 0 aliphatic rings. The fourth-order valence-corrected chi connectivity index (χ4v) is 3.28. The van der Waals surface area contributed by atoms with Gasteiger partial charge in [-0.25, -0.2) is 0 Å². The number of carbonyl (C=O) groups is 1. The largest absolute Gasteiger partial charge is 0.488 e. The molecule has 1 aromatic carbocycles. The van der Waals surface area contributed by atoms with E-state index < -0.39 is 0 Å². The van der Waals surface area contributed by atoms with Crippen LogP contribution in [-0.4, -0.2) is 43.0 Å². The van der Waals surface area contributed by atoms with Gasteiger partial charge in [0, 0.05) is 36.6 Å². The first kappa shape index (κ1) is 20.9. The molecule has 0 radical (unpaired) electrons. The first-order valence-corrected chi connectivity index (χ1v) is 9.24. The fraction of sp³-hybridized carbons (Fsp3) is 0.455. The Morgan fingerprint density at radius 1 is 1.22 bits per heavy atom. The fourth-order valence-electron chi connectivity index (χ4n) is 3.28. The predicted octanol–water partition coefficient (Wildman–Crippen LogP) is 3.60. The van der Waals surface area contributed by atoms with Gasteiger partial charge in [0.25, 0.3) is 5.91 Å². The van der Waals surface area contributed by atoms with Gasteiger partial charge in [0.1, 0.15) is 12.4 Å². The SMILES string of the molecule is Cc1cc(C(=O)NCC(C)(C)CN(C)C)cc(C)c1OCc1cccnc1. The number of hydrogen-bond donors (Lipinski definition) is 1. The highest BCUT2D eigenvalue weighted by molar-refractivity contribution is 5.94. The monoisotopic (exact) mass is 369 g/mol. The van der Waals surface area contributed by atoms with Crippen LogP contribution in [0.1, 0.15) is 40.9 Å². The van der Waals surface area contributed by atoms with Crippen molar-refractivity contribution in [2.45, 2.75) is 34.3 Å². The van der Waals surface area contributed by atoms with E-state index in [1.54, 1.807) is 12.4 Å². The van der Waals surface area contributed by atoms with E-state index in [0.717, 1.165) is 29.0 Å². The third kappa shape index (κ3) is 6.36. The molecular weight excluding hydrogens is 338 g/mol. The number of aryl methyl sites for hydroxylation is 2. The highest BCUT2D eigenvalue weighted by Gasteiger charge is 2.20. The summed E-state index contributed by atoms with van der Waals surface area (Å²) in [5.74, 6) is 0.773. The molecule has 0 aliphatic heterocycles. The van der Waals surface area contributed by atoms with Crippen molar-refractivity contribution in [1.82, 2.24) is 15.2 Å². The summed E-state index contributed by atoms with van der Waals surface area (Å²) in [5.41, 5.74) is 3.60. The van der Waals surface area contributed by atoms with Crippen molar-refractivity contribution in [3.8, 4) is 5.75 Å². The van der Waals surface area contributed by atoms with Gasteiger partial charge in [-0.15, -0.1) is 0 Å². The van der Waals surface area contributed by atoms with Crippen molar-refractivity contribution < 1.29 is 9.53 Å². The maximum atomic E-state index is 12.6. The number of benzene rings is 1. The minimum atomic E-state index is -0.0492. The van der Waals surface area contributed by atoms with Crippen LogP contribution in [0.2, 0.25) is 0 Å². The van der Waals surface area contributed by atoms with Crippen LogP contribution in [0.4, 0.5) is 0 Å². The Bertz CT molecular complexity index is 747. The topological polar surface area (TPSA) is 54.5 Å². The Kier molecular flexibility index (Phi) is 6.97. The second-order valence-electron chi connectivity index (χ2n) is 8.17. The molecule has 1 amide bonds. The zero-order valence-corrected chi connectivity index (χ0v) is 17.3. The van der Waals surface area contributed by atoms with Crippen LogP contribution in [0.25, 0.3) is 0 Å². The van der Waals surface area contributed by atoms with Crippen LogP contribution < -0.4 is 10.1 Å². The van der Waals surface area contributed by atoms with Gasteiger partial charge in [-0.05, 0) is 62.7 Å². The van der Waals surface area contributed by atoms with Crippen molar-refractivity contribution >= 4 is 5.91 Å². The van der Waals surface area contributed by atoms with Crippen molar-refractivity contribution in [3.63, 3.8) is 0 Å². The van der Waals surface area contributed by atoms with E-state index in [0.29, 0.717) is 18.7 Å². The number of hydrogen-bond acceptors (Lipinski definition) is 4. The molecule has 1 aromatic heterocycles. The summed E-state index contributed by atoms with van der Waals surface area (Å²) in [6.07, 6.45) is 3.54. The summed E-state index contributed by atoms with van der Waals surface area (Å²) in [6, 6.07) is 7.65. The molecule has 0 unspecified atom stereocenters. The lowest BCUT2D eigenvalue weighted by atomic mass is 9.92. The molecule has 5 heteroatoms. The van der Waals surface area contributed by atoms with E-state index in [9.17, 15) is 4.79 Å². The Morgan fingerprint density at radius 2 is 1.89 bits per heavy atom. The maximum Gasteiger partial charge on any atom is 0.251 e. The molecule has 2 aromatic rings. The summed E-state index contributed by atoms with van der Waals surface area (Å²) in [6.45, 7) is 10.2. The molecule has 1 heterocycles. The lowest BCUT2D eigenvalue weighted by molar-refractivity contribution is 0.0929. The van der Waals surface area contributed by atoms with Gasteiger partial charge in [-0.3, -0.25) is 9.78 Å². The van der Waals surface area contributed by atoms with Gasteiger partial charge in [0.2, 0.25) is 0 Å². The minimum absolute atomic E-state index is 0.00994. The van der Waals surface area contributed by atoms with Crippen LogP contribution >= 0.6 is 0 Å². The molecule has 0 saturated carbocycles. The highest BCUT2D eigenvalue weighted by Crippen LogP contribution is 2.26. The number of carbonyl (C=O) groups excluding carboxylic acids is 1. The standard InChI is InChI=1S/C22H31N3O2/c1-16-10-19(21(26)24-14-22(3,4)15-25(5)6)11-17(2)20(16)27-13-18-8-7-9-23-12-18/h7-12H,13-15H2,1-6H3,(H,24,26). The molecule has 1 N–H and O–H groups in total. The summed E-state index contributed by atoms with van der Waals surface area (Å²) in [7, 11) is 4.08. The van der Waals surface area contributed by atoms with Gasteiger partial charge in [-0.2, -0.15) is 0 Å². The summed E-state index contributed by atoms with van der Waals surface area (Å²) in [5, 5.41) is 3.06. The van der Waals surface area contributed by atoms with Crippen LogP contribution in [0.5, 0.6) is 5.75 Å². The van der Waals surface area contributed by atoms with Gasteiger partial charge < -0.3 is 15.0 Å². The van der Waals surface area contributed by atoms with E-state index >= 15 is 0 Å². The number of nitrogens with zero attached hydrogens (tertiary/aromatic N) is 2. The summed E-state index contributed by atoms with van der Waals surface area (Å²) in [4.78, 5) is 18.8. The Morgan fingerprint density at radius 3 is 2.44 bits per heavy atom. The second-order valence-corrected chi connectivity index (χ2v) is 8.17. The number of amides is 1. The highest BCUT2D eigenvalue weighted by atomic mass is 16.5. The molecular formula is C22H31N3O2. The maximum absolute atomic E-state index is 12.6. The Hall–Kier alpha value is -2.40. The Labute approximate surface area is 162 Å². The Balaban J connectivity index is 2.03. The molecule has 0 fully saturated rings. The zero-order chi connectivity index (χ0) is 20.0. The van der Waals surface area contributed by atoms with Gasteiger partial charge in [0.15, 0.2) is 0 Å². The minimum Gasteiger partial charge on any atom is -0.488 e. The van der Waals surface area contributed by atoms with E-state index in [1.807, 2.05) is 52.2 Å². The zero-order valence-electron chi connectivity index (χ0n) is 17.3. The average molecular weight is 370 g/mol. The van der Waals surface area contributed by atoms with Crippen LogP contribution in [0, 0.1) is 19.3 Å². The van der Waals surface area contributed by atoms with Crippen LogP contribution in [0.15, 0.2) is 36.7 Å². The van der Waals surface area contributed by atoms with E-state index in [1.165, 1.54) is 0 Å². The third-order valence-electron chi connectivity index (χ3n) is 4.30. The predicted molar refractivity (Wildman–Crippen MR) is 109 cm³/mol. The number of aromatic nitrogens is 1. The summed E-state index contributed by atoms with van der Waals surface area (Å²) >= 11 is 0. The number of pyridine rings is 1. The normalized spacial score (nSPS) is 11.5. The lowest BCUT2D eigenvalue weighted by Gasteiger charge is -2.28. The van der Waals surface area contributed by atoms with Gasteiger partial charge >= 0.3 is 0 Å². The lowest BCUT2D eigenvalue weighted by Crippen LogP contribution is -2.40. The van der Waals surface area contributed by atoms with Crippen LogP contribution in [-0.2, 0) is 6.61 Å². The molecule has 146 valence electrons. The van der Waals surface area contributed by atoms with E-state index in [4.69, 9.17) is 4.74 Å². The van der Waals surface area contributed by atoms with Crippen molar-refractivity contribution in [2.75, 3.05) is 27.2 Å². The number of ether oxygens (including phenoxy) is 1. The molecule has 0 aliphatic carbocycles. The van der Waals surface area contributed by atoms with Gasteiger partial charge in [0.05, 0.1) is 0 Å². The van der Waals surface area contributed by atoms with Crippen LogP contribution in [0.3, 0.4) is 0 Å². The molecule has 5 nitrogen and oxygen atoms in total. The molecule has 0 bridgehead atoms. The average Bonchev–Trinajstić information content (AvgIpc) is 2.58. The third-order valence-corrected chi connectivity index (χ3v) is 4.30. The summed E-state index contributed by atoms with van der Waals surface area (Å²) < 4.78 is 5.97. The molecule has 0 atom stereocenters. The quantitative estimate of drug-likeness (QED) is 0.772. The number of rotatable bonds is 8. The van der Waals surface area contributed by atoms with Crippen molar-refractivity contribution in [3.05, 3.63) is 58.9 Å². The first-order valence-electron chi connectivity index (χ1n) is 9.24. The van der Waals surface area contributed by atoms with E-state index in [2.05, 4.69) is 29.0 Å². The second kappa shape index (κ2) is 9.00. The van der Waals surface area contributed by atoms with E-state index in [-0.39, 0.29) is 11.3 Å². The molecule has 0 saturated heterocycles. The molecule has 27 heavy (non-hydrogen) atoms. The van der Waals surface area contributed by atoms with Gasteiger partial charge in [-0.1, -0.05) is 19.9 Å². The molecule has 0 spiro atoms. The molecule has 2 rings (SSSR count). The smallest absolute Gasteiger partial charge is 0.251 e. The van der Waals surface area contributed by atoms with Crippen molar-refractivity contribution in [1.29, 1.82) is 0 Å². The first-order chi connectivity index (χ1) is 12.7.